The molecule has 1 saturated heterocycles. The van der Waals surface area contributed by atoms with Crippen LogP contribution in [0.2, 0.25) is 0 Å². The summed E-state index contributed by atoms with van der Waals surface area (Å²) in [6.07, 6.45) is 3.81. The molecule has 2 N–H and O–H groups in total. The molecule has 0 spiro atoms. The Kier molecular flexibility index (Phi) is 8.14. The van der Waals surface area contributed by atoms with Crippen molar-refractivity contribution in [1.29, 1.82) is 0 Å². The minimum atomic E-state index is -0.248. The van der Waals surface area contributed by atoms with Crippen molar-refractivity contribution in [3.05, 3.63) is 24.0 Å². The van der Waals surface area contributed by atoms with Crippen molar-refractivity contribution >= 4 is 17.7 Å². The topological polar surface area (TPSA) is 92.8 Å². The molecule has 0 atom stereocenters. The van der Waals surface area contributed by atoms with Gasteiger partial charge in [-0.05, 0) is 38.3 Å². The van der Waals surface area contributed by atoms with Gasteiger partial charge in [-0.2, -0.15) is 0 Å². The van der Waals surface area contributed by atoms with Crippen molar-refractivity contribution < 1.29 is 19.1 Å². The fourth-order valence-electron chi connectivity index (χ4n) is 2.81. The van der Waals surface area contributed by atoms with Crippen LogP contribution in [0.25, 0.3) is 0 Å². The lowest BCUT2D eigenvalue weighted by atomic mass is 10.1. The molecule has 1 fully saturated rings. The molecule has 144 valence electrons. The van der Waals surface area contributed by atoms with E-state index in [1.54, 1.807) is 31.2 Å². The molecule has 2 amide bonds. The van der Waals surface area contributed by atoms with Gasteiger partial charge in [-0.3, -0.25) is 9.78 Å². The smallest absolute Gasteiger partial charge is 0.409 e. The van der Waals surface area contributed by atoms with Crippen LogP contribution in [0.4, 0.5) is 10.5 Å². The third-order valence-corrected chi connectivity index (χ3v) is 4.20. The summed E-state index contributed by atoms with van der Waals surface area (Å²) in [6.45, 7) is 4.69. The maximum atomic E-state index is 12.1. The van der Waals surface area contributed by atoms with E-state index in [4.69, 9.17) is 9.47 Å². The number of nitrogens with one attached hydrogen (secondary N) is 2. The van der Waals surface area contributed by atoms with E-state index in [0.29, 0.717) is 38.5 Å². The van der Waals surface area contributed by atoms with Gasteiger partial charge in [0.2, 0.25) is 0 Å². The van der Waals surface area contributed by atoms with Gasteiger partial charge in [-0.1, -0.05) is 0 Å². The molecule has 1 aliphatic rings. The Hall–Kier alpha value is -2.35. The highest BCUT2D eigenvalue weighted by Gasteiger charge is 2.23. The first-order valence-electron chi connectivity index (χ1n) is 9.05. The van der Waals surface area contributed by atoms with Crippen molar-refractivity contribution in [2.75, 3.05) is 45.3 Å². The fraction of sp³-hybridized carbons (Fsp3) is 0.611. The minimum absolute atomic E-state index is 0.193. The van der Waals surface area contributed by atoms with Crippen molar-refractivity contribution in [3.8, 4) is 0 Å². The highest BCUT2D eigenvalue weighted by molar-refractivity contribution is 5.93. The molecule has 1 aromatic heterocycles. The standard InChI is InChI=1S/C18H28N4O4/c1-3-26-18(24)22-10-6-14(7-11-22)21-15-5-9-19-16(13-15)17(23)20-8-4-12-25-2/h5,9,13-14H,3-4,6-8,10-12H2,1-2H3,(H,19,21)(H,20,23). The largest absolute Gasteiger partial charge is 0.450 e. The number of likely N-dealkylation sites (tertiary alicyclic amines) is 1. The van der Waals surface area contributed by atoms with E-state index in [-0.39, 0.29) is 18.0 Å². The molecular formula is C18H28N4O4. The minimum Gasteiger partial charge on any atom is -0.450 e. The van der Waals surface area contributed by atoms with E-state index in [2.05, 4.69) is 15.6 Å². The van der Waals surface area contributed by atoms with Gasteiger partial charge >= 0.3 is 6.09 Å². The Morgan fingerprint density at radius 1 is 1.35 bits per heavy atom. The summed E-state index contributed by atoms with van der Waals surface area (Å²) < 4.78 is 9.99. The third-order valence-electron chi connectivity index (χ3n) is 4.20. The van der Waals surface area contributed by atoms with Gasteiger partial charge in [-0.15, -0.1) is 0 Å². The highest BCUT2D eigenvalue weighted by atomic mass is 16.6. The van der Waals surface area contributed by atoms with E-state index < -0.39 is 0 Å². The second kappa shape index (κ2) is 10.6. The lowest BCUT2D eigenvalue weighted by molar-refractivity contribution is 0.0941. The number of ether oxygens (including phenoxy) is 2. The number of aromatic nitrogens is 1. The van der Waals surface area contributed by atoms with Crippen molar-refractivity contribution in [2.45, 2.75) is 32.2 Å². The average Bonchev–Trinajstić information content (AvgIpc) is 2.66. The van der Waals surface area contributed by atoms with Gasteiger partial charge in [0.1, 0.15) is 5.69 Å². The van der Waals surface area contributed by atoms with Crippen molar-refractivity contribution in [1.82, 2.24) is 15.2 Å². The molecule has 0 radical (unpaired) electrons. The molecule has 0 bridgehead atoms. The van der Waals surface area contributed by atoms with Gasteiger partial charge in [0.05, 0.1) is 6.61 Å². The monoisotopic (exact) mass is 364 g/mol. The van der Waals surface area contributed by atoms with Crippen LogP contribution in [-0.4, -0.2) is 67.9 Å². The van der Waals surface area contributed by atoms with Crippen LogP contribution in [0.3, 0.4) is 0 Å². The molecule has 2 rings (SSSR count). The first kappa shape index (κ1) is 20.0. The number of carbonyl (C=O) groups is 2. The predicted octanol–water partition coefficient (Wildman–Crippen LogP) is 1.88. The number of nitrogens with zero attached hydrogens (tertiary/aromatic N) is 2. The number of rotatable bonds is 8. The second-order valence-corrected chi connectivity index (χ2v) is 6.14. The molecule has 0 aliphatic carbocycles. The third kappa shape index (κ3) is 6.18. The number of piperidine rings is 1. The van der Waals surface area contributed by atoms with E-state index in [0.717, 1.165) is 24.9 Å². The zero-order valence-electron chi connectivity index (χ0n) is 15.5. The van der Waals surface area contributed by atoms with Crippen molar-refractivity contribution in [3.63, 3.8) is 0 Å². The second-order valence-electron chi connectivity index (χ2n) is 6.14. The molecule has 1 aliphatic heterocycles. The zero-order chi connectivity index (χ0) is 18.8. The molecule has 1 aromatic rings. The van der Waals surface area contributed by atoms with Crippen LogP contribution < -0.4 is 10.6 Å². The Morgan fingerprint density at radius 2 is 2.12 bits per heavy atom. The SMILES string of the molecule is CCOC(=O)N1CCC(Nc2ccnc(C(=O)NCCCOC)c2)CC1. The van der Waals surface area contributed by atoms with E-state index in [1.165, 1.54) is 0 Å². The summed E-state index contributed by atoms with van der Waals surface area (Å²) in [5.74, 6) is -0.193. The average molecular weight is 364 g/mol. The van der Waals surface area contributed by atoms with Gasteiger partial charge in [0.15, 0.2) is 0 Å². The fourth-order valence-corrected chi connectivity index (χ4v) is 2.81. The number of carbonyl (C=O) groups excluding carboxylic acids is 2. The predicted molar refractivity (Wildman–Crippen MR) is 98.3 cm³/mol. The van der Waals surface area contributed by atoms with E-state index in [1.807, 2.05) is 6.07 Å². The zero-order valence-corrected chi connectivity index (χ0v) is 15.5. The van der Waals surface area contributed by atoms with Crippen molar-refractivity contribution in [2.24, 2.45) is 0 Å². The van der Waals surface area contributed by atoms with E-state index in [9.17, 15) is 9.59 Å². The molecule has 0 aromatic carbocycles. The molecule has 26 heavy (non-hydrogen) atoms. The summed E-state index contributed by atoms with van der Waals surface area (Å²) in [7, 11) is 1.63. The normalized spacial score (nSPS) is 14.8. The first-order chi connectivity index (χ1) is 12.6. The van der Waals surface area contributed by atoms with Crippen LogP contribution in [0, 0.1) is 0 Å². The van der Waals surface area contributed by atoms with Gasteiger partial charge in [0.25, 0.3) is 5.91 Å². The molecular weight excluding hydrogens is 336 g/mol. The number of pyridine rings is 1. The lowest BCUT2D eigenvalue weighted by Gasteiger charge is -2.32. The Morgan fingerprint density at radius 3 is 2.81 bits per heavy atom. The van der Waals surface area contributed by atoms with Gasteiger partial charge in [-0.25, -0.2) is 4.79 Å². The van der Waals surface area contributed by atoms with Gasteiger partial charge < -0.3 is 25.0 Å². The highest BCUT2D eigenvalue weighted by Crippen LogP contribution is 2.17. The van der Waals surface area contributed by atoms with Crippen LogP contribution >= 0.6 is 0 Å². The number of methoxy groups -OCH3 is 1. The summed E-state index contributed by atoms with van der Waals surface area (Å²) in [5.41, 5.74) is 1.24. The molecule has 8 nitrogen and oxygen atoms in total. The number of hydrogen-bond acceptors (Lipinski definition) is 6. The Bertz CT molecular complexity index is 588. The molecule has 0 unspecified atom stereocenters. The van der Waals surface area contributed by atoms with Gasteiger partial charge in [0, 0.05) is 51.3 Å². The summed E-state index contributed by atoms with van der Waals surface area (Å²) in [5, 5.41) is 6.25. The first-order valence-corrected chi connectivity index (χ1v) is 9.05. The van der Waals surface area contributed by atoms with Crippen LogP contribution in [0.15, 0.2) is 18.3 Å². The number of hydrogen-bond donors (Lipinski definition) is 2. The van der Waals surface area contributed by atoms with Crippen LogP contribution in [-0.2, 0) is 9.47 Å². The lowest BCUT2D eigenvalue weighted by Crippen LogP contribution is -2.42. The quantitative estimate of drug-likeness (QED) is 0.684. The number of anilines is 1. The summed E-state index contributed by atoms with van der Waals surface area (Å²) in [6, 6.07) is 3.85. The molecule has 8 heteroatoms. The van der Waals surface area contributed by atoms with Crippen LogP contribution in [0.5, 0.6) is 0 Å². The molecule has 2 heterocycles. The van der Waals surface area contributed by atoms with E-state index >= 15 is 0 Å². The Labute approximate surface area is 154 Å². The van der Waals surface area contributed by atoms with Crippen LogP contribution in [0.1, 0.15) is 36.7 Å². The Balaban J connectivity index is 1.81. The summed E-state index contributed by atoms with van der Waals surface area (Å²) in [4.78, 5) is 29.7. The maximum absolute atomic E-state index is 12.1. The summed E-state index contributed by atoms with van der Waals surface area (Å²) >= 11 is 0. The maximum Gasteiger partial charge on any atom is 0.409 e. The number of amides is 2. The molecule has 0 saturated carbocycles.